The van der Waals surface area contributed by atoms with Crippen LogP contribution in [0.1, 0.15) is 5.56 Å². The summed E-state index contributed by atoms with van der Waals surface area (Å²) in [6.07, 6.45) is 3.22. The number of nitrogens with one attached hydrogen (secondary N) is 1. The standard InChI is InChI=1S/C11H11BrN2OS/c1-13-7-8-2-3-10(9(12)6-8)16-11-14-4-5-15-11/h2-6,13H,7H2,1H3. The molecule has 0 fully saturated rings. The molecule has 2 rings (SSSR count). The van der Waals surface area contributed by atoms with Gasteiger partial charge < -0.3 is 9.73 Å². The quantitative estimate of drug-likeness (QED) is 0.940. The monoisotopic (exact) mass is 298 g/mol. The molecule has 0 radical (unpaired) electrons. The minimum atomic E-state index is 0.655. The van der Waals surface area contributed by atoms with Crippen LogP contribution in [0.2, 0.25) is 0 Å². The fourth-order valence-electron chi connectivity index (χ4n) is 1.30. The number of halogens is 1. The van der Waals surface area contributed by atoms with Crippen LogP contribution in [-0.4, -0.2) is 12.0 Å². The molecule has 16 heavy (non-hydrogen) atoms. The lowest BCUT2D eigenvalue weighted by Gasteiger charge is -2.04. The van der Waals surface area contributed by atoms with Crippen LogP contribution in [0.5, 0.6) is 0 Å². The highest BCUT2D eigenvalue weighted by Gasteiger charge is 2.06. The number of aromatic nitrogens is 1. The third-order valence-electron chi connectivity index (χ3n) is 1.98. The van der Waals surface area contributed by atoms with E-state index in [-0.39, 0.29) is 0 Å². The molecule has 0 amide bonds. The van der Waals surface area contributed by atoms with Crippen molar-refractivity contribution in [2.24, 2.45) is 0 Å². The van der Waals surface area contributed by atoms with Crippen LogP contribution in [0, 0.1) is 0 Å². The Labute approximate surface area is 107 Å². The Balaban J connectivity index is 2.16. The molecular formula is C11H11BrN2OS. The van der Waals surface area contributed by atoms with Crippen molar-refractivity contribution >= 4 is 27.7 Å². The van der Waals surface area contributed by atoms with Gasteiger partial charge in [-0.3, -0.25) is 0 Å². The second-order valence-corrected chi connectivity index (χ2v) is 5.04. The average Bonchev–Trinajstić information content (AvgIpc) is 2.75. The summed E-state index contributed by atoms with van der Waals surface area (Å²) < 4.78 is 6.25. The molecule has 0 bridgehead atoms. The van der Waals surface area contributed by atoms with Crippen LogP contribution < -0.4 is 5.32 Å². The van der Waals surface area contributed by atoms with Gasteiger partial charge in [0.2, 0.25) is 0 Å². The van der Waals surface area contributed by atoms with Crippen LogP contribution in [0.15, 0.2) is 49.7 Å². The van der Waals surface area contributed by atoms with Gasteiger partial charge in [0.15, 0.2) is 0 Å². The van der Waals surface area contributed by atoms with Gasteiger partial charge in [-0.1, -0.05) is 6.07 Å². The van der Waals surface area contributed by atoms with Gasteiger partial charge in [-0.25, -0.2) is 4.98 Å². The zero-order valence-electron chi connectivity index (χ0n) is 8.74. The first kappa shape index (κ1) is 11.7. The predicted octanol–water partition coefficient (Wildman–Crippen LogP) is 3.31. The Kier molecular flexibility index (Phi) is 4.04. The molecule has 1 aromatic carbocycles. The summed E-state index contributed by atoms with van der Waals surface area (Å²) >= 11 is 5.05. The van der Waals surface area contributed by atoms with E-state index in [1.54, 1.807) is 12.5 Å². The van der Waals surface area contributed by atoms with Gasteiger partial charge >= 0.3 is 0 Å². The molecule has 0 saturated carbocycles. The number of nitrogens with zero attached hydrogens (tertiary/aromatic N) is 1. The highest BCUT2D eigenvalue weighted by molar-refractivity contribution is 9.10. The zero-order valence-corrected chi connectivity index (χ0v) is 11.1. The molecule has 0 aliphatic rings. The van der Waals surface area contributed by atoms with Crippen molar-refractivity contribution in [1.82, 2.24) is 10.3 Å². The van der Waals surface area contributed by atoms with Crippen molar-refractivity contribution in [2.45, 2.75) is 16.7 Å². The Hall–Kier alpha value is -0.780. The maximum atomic E-state index is 5.19. The van der Waals surface area contributed by atoms with Gasteiger partial charge in [0.05, 0.1) is 6.20 Å². The molecule has 0 saturated heterocycles. The van der Waals surface area contributed by atoms with E-state index in [9.17, 15) is 0 Å². The molecule has 1 heterocycles. The van der Waals surface area contributed by atoms with E-state index in [1.807, 2.05) is 7.05 Å². The van der Waals surface area contributed by atoms with E-state index < -0.39 is 0 Å². The number of hydrogen-bond donors (Lipinski definition) is 1. The Bertz CT molecular complexity index is 459. The second kappa shape index (κ2) is 5.52. The van der Waals surface area contributed by atoms with E-state index in [0.29, 0.717) is 5.22 Å². The highest BCUT2D eigenvalue weighted by atomic mass is 79.9. The van der Waals surface area contributed by atoms with E-state index in [2.05, 4.69) is 44.4 Å². The van der Waals surface area contributed by atoms with Gasteiger partial charge in [-0.2, -0.15) is 0 Å². The minimum absolute atomic E-state index is 0.655. The summed E-state index contributed by atoms with van der Waals surface area (Å²) in [7, 11) is 1.93. The molecule has 0 aliphatic carbocycles. The van der Waals surface area contributed by atoms with Crippen molar-refractivity contribution in [3.63, 3.8) is 0 Å². The lowest BCUT2D eigenvalue weighted by Crippen LogP contribution is -2.04. The largest absolute Gasteiger partial charge is 0.440 e. The summed E-state index contributed by atoms with van der Waals surface area (Å²) in [6, 6.07) is 6.25. The molecule has 0 aliphatic heterocycles. The first-order chi connectivity index (χ1) is 7.79. The fraction of sp³-hybridized carbons (Fsp3) is 0.182. The Morgan fingerprint density at radius 1 is 1.50 bits per heavy atom. The summed E-state index contributed by atoms with van der Waals surface area (Å²) in [4.78, 5) is 5.17. The number of rotatable bonds is 4. The molecule has 0 atom stereocenters. The van der Waals surface area contributed by atoms with Crippen molar-refractivity contribution in [2.75, 3.05) is 7.05 Å². The molecule has 0 unspecified atom stereocenters. The molecule has 1 N–H and O–H groups in total. The van der Waals surface area contributed by atoms with E-state index >= 15 is 0 Å². The maximum absolute atomic E-state index is 5.19. The Morgan fingerprint density at radius 3 is 3.00 bits per heavy atom. The lowest BCUT2D eigenvalue weighted by atomic mass is 10.2. The summed E-state index contributed by atoms with van der Waals surface area (Å²) in [6.45, 7) is 0.864. The topological polar surface area (TPSA) is 38.1 Å². The van der Waals surface area contributed by atoms with Gasteiger partial charge in [-0.05, 0) is 52.4 Å². The van der Waals surface area contributed by atoms with E-state index in [0.717, 1.165) is 15.9 Å². The molecular weight excluding hydrogens is 288 g/mol. The second-order valence-electron chi connectivity index (χ2n) is 3.20. The SMILES string of the molecule is CNCc1ccc(Sc2ncco2)c(Br)c1. The van der Waals surface area contributed by atoms with E-state index in [4.69, 9.17) is 4.42 Å². The summed E-state index contributed by atoms with van der Waals surface area (Å²) in [5.41, 5.74) is 1.24. The van der Waals surface area contributed by atoms with Crippen molar-refractivity contribution in [3.8, 4) is 0 Å². The molecule has 3 nitrogen and oxygen atoms in total. The van der Waals surface area contributed by atoms with Gasteiger partial charge in [-0.15, -0.1) is 0 Å². The van der Waals surface area contributed by atoms with Gasteiger partial charge in [0.25, 0.3) is 5.22 Å². The molecule has 5 heteroatoms. The molecule has 2 aromatic rings. The smallest absolute Gasteiger partial charge is 0.260 e. The van der Waals surface area contributed by atoms with Crippen molar-refractivity contribution in [1.29, 1.82) is 0 Å². The average molecular weight is 299 g/mol. The van der Waals surface area contributed by atoms with Crippen molar-refractivity contribution < 1.29 is 4.42 Å². The first-order valence-corrected chi connectivity index (χ1v) is 6.41. The number of hydrogen-bond acceptors (Lipinski definition) is 4. The van der Waals surface area contributed by atoms with Crippen LogP contribution in [-0.2, 0) is 6.54 Å². The summed E-state index contributed by atoms with van der Waals surface area (Å²) in [5, 5.41) is 3.77. The van der Waals surface area contributed by atoms with Gasteiger partial charge in [0, 0.05) is 15.9 Å². The van der Waals surface area contributed by atoms with Crippen LogP contribution >= 0.6 is 27.7 Å². The fourth-order valence-corrected chi connectivity index (χ4v) is 2.66. The Morgan fingerprint density at radius 2 is 2.38 bits per heavy atom. The highest BCUT2D eigenvalue weighted by Crippen LogP contribution is 2.32. The maximum Gasteiger partial charge on any atom is 0.260 e. The van der Waals surface area contributed by atoms with Crippen LogP contribution in [0.25, 0.3) is 0 Å². The predicted molar refractivity (Wildman–Crippen MR) is 67.5 cm³/mol. The zero-order chi connectivity index (χ0) is 11.4. The molecule has 1 aromatic heterocycles. The first-order valence-electron chi connectivity index (χ1n) is 4.80. The minimum Gasteiger partial charge on any atom is -0.440 e. The normalized spacial score (nSPS) is 10.6. The third-order valence-corrected chi connectivity index (χ3v) is 3.85. The molecule has 0 spiro atoms. The van der Waals surface area contributed by atoms with Gasteiger partial charge in [0.1, 0.15) is 6.26 Å². The summed E-state index contributed by atoms with van der Waals surface area (Å²) in [5.74, 6) is 0. The number of benzene rings is 1. The number of oxazole rings is 1. The molecule has 84 valence electrons. The lowest BCUT2D eigenvalue weighted by molar-refractivity contribution is 0.454. The van der Waals surface area contributed by atoms with E-state index in [1.165, 1.54) is 17.3 Å². The third kappa shape index (κ3) is 2.87. The van der Waals surface area contributed by atoms with Crippen LogP contribution in [0.4, 0.5) is 0 Å². The van der Waals surface area contributed by atoms with Crippen molar-refractivity contribution in [3.05, 3.63) is 40.7 Å². The van der Waals surface area contributed by atoms with Crippen LogP contribution in [0.3, 0.4) is 0 Å².